The van der Waals surface area contributed by atoms with E-state index in [4.69, 9.17) is 0 Å². The van der Waals surface area contributed by atoms with Gasteiger partial charge >= 0.3 is 0 Å². The van der Waals surface area contributed by atoms with Crippen LogP contribution in [-0.4, -0.2) is 53.9 Å². The number of carbonyl (C=O) groups excluding carboxylic acids is 2. The normalized spacial score (nSPS) is 15.0. The second-order valence-electron chi connectivity index (χ2n) is 6.48. The lowest BCUT2D eigenvalue weighted by Crippen LogP contribution is -2.47. The molecular formula is C19H29N3O2S. The lowest BCUT2D eigenvalue weighted by atomic mass is 10.0. The van der Waals surface area contributed by atoms with Crippen LogP contribution in [0.3, 0.4) is 0 Å². The number of piperidine rings is 1. The Bertz CT molecular complexity index is 556. The van der Waals surface area contributed by atoms with Gasteiger partial charge in [-0.2, -0.15) is 0 Å². The number of aryl methyl sites for hydroxylation is 1. The Morgan fingerprint density at radius 2 is 1.88 bits per heavy atom. The molecule has 1 heterocycles. The van der Waals surface area contributed by atoms with E-state index in [2.05, 4.69) is 17.6 Å². The highest BCUT2D eigenvalue weighted by molar-refractivity contribution is 8.00. The molecule has 1 aromatic carbocycles. The van der Waals surface area contributed by atoms with Gasteiger partial charge in [-0.3, -0.25) is 9.59 Å². The molecule has 0 saturated carbocycles. The summed E-state index contributed by atoms with van der Waals surface area (Å²) >= 11 is 1.39. The maximum atomic E-state index is 12.6. The maximum Gasteiger partial charge on any atom is 0.234 e. The lowest BCUT2D eigenvalue weighted by Gasteiger charge is -2.34. The summed E-state index contributed by atoms with van der Waals surface area (Å²) < 4.78 is 0. The number of benzene rings is 1. The molecule has 2 N–H and O–H groups in total. The van der Waals surface area contributed by atoms with Crippen LogP contribution in [0.5, 0.6) is 0 Å². The molecule has 1 aliphatic heterocycles. The van der Waals surface area contributed by atoms with E-state index >= 15 is 0 Å². The molecule has 0 aromatic heterocycles. The van der Waals surface area contributed by atoms with Gasteiger partial charge in [0.2, 0.25) is 11.8 Å². The maximum absolute atomic E-state index is 12.6. The molecule has 5 nitrogen and oxygen atoms in total. The Balaban J connectivity index is 1.75. The fourth-order valence-corrected chi connectivity index (χ4v) is 3.72. The van der Waals surface area contributed by atoms with Crippen molar-refractivity contribution in [1.29, 1.82) is 0 Å². The molecule has 0 atom stereocenters. The number of hydrogen-bond acceptors (Lipinski definition) is 4. The van der Waals surface area contributed by atoms with Crippen molar-refractivity contribution in [1.82, 2.24) is 10.2 Å². The highest BCUT2D eigenvalue weighted by Crippen LogP contribution is 2.15. The molecule has 0 spiro atoms. The van der Waals surface area contributed by atoms with Crippen LogP contribution in [-0.2, 0) is 9.59 Å². The van der Waals surface area contributed by atoms with Crippen LogP contribution in [0, 0.1) is 6.92 Å². The predicted molar refractivity (Wildman–Crippen MR) is 105 cm³/mol. The van der Waals surface area contributed by atoms with Crippen molar-refractivity contribution in [3.05, 3.63) is 29.8 Å². The number of carbonyl (C=O) groups is 2. The Morgan fingerprint density at radius 3 is 2.52 bits per heavy atom. The summed E-state index contributed by atoms with van der Waals surface area (Å²) in [6, 6.07) is 8.06. The van der Waals surface area contributed by atoms with Gasteiger partial charge in [0.05, 0.1) is 11.5 Å². The summed E-state index contributed by atoms with van der Waals surface area (Å²) in [7, 11) is 0. The van der Waals surface area contributed by atoms with Crippen LogP contribution in [0.1, 0.15) is 31.7 Å². The molecule has 2 amide bonds. The van der Waals surface area contributed by atoms with Gasteiger partial charge in [0.25, 0.3) is 0 Å². The molecular weight excluding hydrogens is 334 g/mol. The lowest BCUT2D eigenvalue weighted by molar-refractivity contribution is -0.131. The van der Waals surface area contributed by atoms with Crippen LogP contribution in [0.4, 0.5) is 5.69 Å². The Labute approximate surface area is 154 Å². The summed E-state index contributed by atoms with van der Waals surface area (Å²) in [6.45, 7) is 6.87. The molecule has 138 valence electrons. The second kappa shape index (κ2) is 10.5. The number of hydrogen-bond donors (Lipinski definition) is 2. The molecule has 25 heavy (non-hydrogen) atoms. The van der Waals surface area contributed by atoms with Gasteiger partial charge in [0.1, 0.15) is 0 Å². The first-order valence-corrected chi connectivity index (χ1v) is 10.2. The molecule has 0 unspecified atom stereocenters. The fraction of sp³-hybridized carbons (Fsp3) is 0.579. The number of anilines is 1. The topological polar surface area (TPSA) is 61.4 Å². The Morgan fingerprint density at radius 1 is 1.20 bits per heavy atom. The van der Waals surface area contributed by atoms with Crippen molar-refractivity contribution >= 4 is 29.3 Å². The van der Waals surface area contributed by atoms with E-state index < -0.39 is 0 Å². The van der Waals surface area contributed by atoms with Gasteiger partial charge < -0.3 is 15.5 Å². The Hall–Kier alpha value is -1.53. The van der Waals surface area contributed by atoms with E-state index in [1.54, 1.807) is 0 Å². The van der Waals surface area contributed by atoms with E-state index in [-0.39, 0.29) is 11.8 Å². The van der Waals surface area contributed by atoms with Crippen LogP contribution in [0.15, 0.2) is 24.3 Å². The number of rotatable bonds is 8. The molecule has 1 aromatic rings. The minimum atomic E-state index is -0.0643. The quantitative estimate of drug-likeness (QED) is 0.745. The zero-order valence-corrected chi connectivity index (χ0v) is 16.0. The number of nitrogens with zero attached hydrogens (tertiary/aromatic N) is 1. The summed E-state index contributed by atoms with van der Waals surface area (Å²) in [5, 5.41) is 6.21. The number of thioether (sulfide) groups is 1. The third kappa shape index (κ3) is 6.71. The van der Waals surface area contributed by atoms with E-state index in [1.807, 2.05) is 36.1 Å². The molecule has 0 bridgehead atoms. The van der Waals surface area contributed by atoms with Gasteiger partial charge in [-0.05, 0) is 51.4 Å². The standard InChI is InChI=1S/C19H29N3O2S/c1-3-12-22(17-8-10-20-11-9-17)19(24)14-25-13-18(23)21-16-6-4-15(2)5-7-16/h4-7,17,20H,3,8-14H2,1-2H3,(H,21,23). The van der Waals surface area contributed by atoms with E-state index in [0.717, 1.165) is 50.1 Å². The minimum Gasteiger partial charge on any atom is -0.339 e. The first-order valence-electron chi connectivity index (χ1n) is 9.04. The zero-order chi connectivity index (χ0) is 18.1. The zero-order valence-electron chi connectivity index (χ0n) is 15.2. The fourth-order valence-electron chi connectivity index (χ4n) is 3.02. The summed E-state index contributed by atoms with van der Waals surface area (Å²) in [5.41, 5.74) is 1.96. The number of nitrogens with one attached hydrogen (secondary N) is 2. The van der Waals surface area contributed by atoms with Gasteiger partial charge in [-0.25, -0.2) is 0 Å². The molecule has 0 aliphatic carbocycles. The van der Waals surface area contributed by atoms with Gasteiger partial charge in [-0.1, -0.05) is 24.6 Å². The SMILES string of the molecule is CCCN(C(=O)CSCC(=O)Nc1ccc(C)cc1)C1CCNCC1. The van der Waals surface area contributed by atoms with Crippen LogP contribution >= 0.6 is 11.8 Å². The first-order chi connectivity index (χ1) is 12.1. The third-order valence-electron chi connectivity index (χ3n) is 4.33. The van der Waals surface area contributed by atoms with Gasteiger partial charge in [0, 0.05) is 18.3 Å². The van der Waals surface area contributed by atoms with Crippen LogP contribution < -0.4 is 10.6 Å². The van der Waals surface area contributed by atoms with Crippen LogP contribution in [0.25, 0.3) is 0 Å². The average molecular weight is 364 g/mol. The second-order valence-corrected chi connectivity index (χ2v) is 7.46. The summed E-state index contributed by atoms with van der Waals surface area (Å²) in [6.07, 6.45) is 3.00. The van der Waals surface area contributed by atoms with E-state index in [1.165, 1.54) is 11.8 Å². The van der Waals surface area contributed by atoms with E-state index in [0.29, 0.717) is 17.5 Å². The highest BCUT2D eigenvalue weighted by Gasteiger charge is 2.24. The summed E-state index contributed by atoms with van der Waals surface area (Å²) in [5.74, 6) is 0.754. The molecule has 1 aliphatic rings. The minimum absolute atomic E-state index is 0.0643. The van der Waals surface area contributed by atoms with Crippen LogP contribution in [0.2, 0.25) is 0 Å². The predicted octanol–water partition coefficient (Wildman–Crippen LogP) is 2.66. The molecule has 0 radical (unpaired) electrons. The van der Waals surface area contributed by atoms with Crippen molar-refractivity contribution in [2.45, 2.75) is 39.2 Å². The molecule has 1 saturated heterocycles. The monoisotopic (exact) mass is 363 g/mol. The average Bonchev–Trinajstić information content (AvgIpc) is 2.62. The highest BCUT2D eigenvalue weighted by atomic mass is 32.2. The first kappa shape index (κ1) is 19.8. The smallest absolute Gasteiger partial charge is 0.234 e. The van der Waals surface area contributed by atoms with Gasteiger partial charge in [0.15, 0.2) is 0 Å². The van der Waals surface area contributed by atoms with Crippen molar-refractivity contribution in [2.75, 3.05) is 36.5 Å². The summed E-state index contributed by atoms with van der Waals surface area (Å²) in [4.78, 5) is 26.6. The van der Waals surface area contributed by atoms with E-state index in [9.17, 15) is 9.59 Å². The largest absolute Gasteiger partial charge is 0.339 e. The Kier molecular flexibility index (Phi) is 8.28. The van der Waals surface area contributed by atoms with Crippen molar-refractivity contribution in [3.63, 3.8) is 0 Å². The molecule has 2 rings (SSSR count). The van der Waals surface area contributed by atoms with Crippen molar-refractivity contribution in [3.8, 4) is 0 Å². The third-order valence-corrected chi connectivity index (χ3v) is 5.25. The van der Waals surface area contributed by atoms with Gasteiger partial charge in [-0.15, -0.1) is 11.8 Å². The molecule has 1 fully saturated rings. The molecule has 6 heteroatoms. The van der Waals surface area contributed by atoms with Crippen molar-refractivity contribution < 1.29 is 9.59 Å². The van der Waals surface area contributed by atoms with Crippen molar-refractivity contribution in [2.24, 2.45) is 0 Å². The number of amides is 2.